The minimum atomic E-state index is -4.38. The molecule has 1 saturated carbocycles. The summed E-state index contributed by atoms with van der Waals surface area (Å²) in [6, 6.07) is 5.09. The van der Waals surface area contributed by atoms with Crippen LogP contribution in [0, 0.1) is 6.92 Å². The fourth-order valence-electron chi connectivity index (χ4n) is 3.60. The number of ether oxygens (including phenoxy) is 1. The van der Waals surface area contributed by atoms with Gasteiger partial charge < -0.3 is 9.30 Å². The quantitative estimate of drug-likeness (QED) is 0.704. The lowest BCUT2D eigenvalue weighted by Crippen LogP contribution is -2.16. The minimum Gasteiger partial charge on any atom is -0.464 e. The number of imidazole rings is 1. The highest BCUT2D eigenvalue weighted by Crippen LogP contribution is 2.36. The molecule has 0 amide bonds. The van der Waals surface area contributed by atoms with E-state index in [4.69, 9.17) is 4.74 Å². The van der Waals surface area contributed by atoms with Crippen LogP contribution >= 0.6 is 0 Å². The summed E-state index contributed by atoms with van der Waals surface area (Å²) < 4.78 is 45.3. The Kier molecular flexibility index (Phi) is 5.07. The van der Waals surface area contributed by atoms with Crippen molar-refractivity contribution in [1.29, 1.82) is 0 Å². The molecule has 1 aliphatic carbocycles. The molecule has 1 aromatic heterocycles. The smallest absolute Gasteiger partial charge is 0.416 e. The number of alkyl halides is 3. The van der Waals surface area contributed by atoms with Gasteiger partial charge in [0, 0.05) is 17.3 Å². The summed E-state index contributed by atoms with van der Waals surface area (Å²) in [4.78, 5) is 16.5. The highest BCUT2D eigenvalue weighted by Gasteiger charge is 2.31. The van der Waals surface area contributed by atoms with Gasteiger partial charge in [0.1, 0.15) is 5.82 Å². The standard InChI is InChI=1S/C19H21F3N2O2/c1-12-16(18(25)26-2)23-17(24(12)15-6-4-3-5-7-15)13-8-10-14(11-9-13)19(20,21)22/h8-11,15H,3-7H2,1-2H3. The predicted molar refractivity (Wildman–Crippen MR) is 90.9 cm³/mol. The van der Waals surface area contributed by atoms with Crippen molar-refractivity contribution in [3.05, 3.63) is 41.2 Å². The molecule has 0 spiro atoms. The molecule has 0 unspecified atom stereocenters. The Labute approximate surface area is 150 Å². The van der Waals surface area contributed by atoms with E-state index in [1.165, 1.54) is 25.7 Å². The highest BCUT2D eigenvalue weighted by molar-refractivity contribution is 5.89. The molecule has 0 atom stereocenters. The molecule has 7 heteroatoms. The summed E-state index contributed by atoms with van der Waals surface area (Å²) >= 11 is 0. The van der Waals surface area contributed by atoms with Crippen LogP contribution < -0.4 is 0 Å². The summed E-state index contributed by atoms with van der Waals surface area (Å²) in [5.74, 6) is -0.0197. The molecule has 0 bridgehead atoms. The van der Waals surface area contributed by atoms with Crippen molar-refractivity contribution < 1.29 is 22.7 Å². The van der Waals surface area contributed by atoms with E-state index in [0.29, 0.717) is 17.1 Å². The summed E-state index contributed by atoms with van der Waals surface area (Å²) in [5, 5.41) is 0. The second-order valence-electron chi connectivity index (χ2n) is 6.60. The lowest BCUT2D eigenvalue weighted by Gasteiger charge is -2.26. The SMILES string of the molecule is COC(=O)c1nc(-c2ccc(C(F)(F)F)cc2)n(C2CCCCC2)c1C. The Hall–Kier alpha value is -2.31. The third-order valence-corrected chi connectivity index (χ3v) is 4.94. The van der Waals surface area contributed by atoms with E-state index < -0.39 is 17.7 Å². The second-order valence-corrected chi connectivity index (χ2v) is 6.60. The maximum absolute atomic E-state index is 12.8. The summed E-state index contributed by atoms with van der Waals surface area (Å²) in [6.45, 7) is 1.81. The van der Waals surface area contributed by atoms with E-state index in [1.807, 2.05) is 4.57 Å². The number of methoxy groups -OCH3 is 1. The largest absolute Gasteiger partial charge is 0.464 e. The number of carbonyl (C=O) groups is 1. The van der Waals surface area contributed by atoms with Crippen molar-refractivity contribution in [3.8, 4) is 11.4 Å². The molecule has 1 fully saturated rings. The Balaban J connectivity index is 2.08. The molecule has 3 rings (SSSR count). The van der Waals surface area contributed by atoms with Gasteiger partial charge in [-0.05, 0) is 31.9 Å². The van der Waals surface area contributed by atoms with Gasteiger partial charge in [0.25, 0.3) is 0 Å². The molecule has 1 aromatic carbocycles. The van der Waals surface area contributed by atoms with Crippen LogP contribution in [0.2, 0.25) is 0 Å². The van der Waals surface area contributed by atoms with Crippen LogP contribution in [-0.4, -0.2) is 22.6 Å². The lowest BCUT2D eigenvalue weighted by atomic mass is 9.94. The minimum absolute atomic E-state index is 0.187. The molecule has 26 heavy (non-hydrogen) atoms. The van der Waals surface area contributed by atoms with E-state index in [-0.39, 0.29) is 11.7 Å². The molecule has 140 valence electrons. The third kappa shape index (κ3) is 3.48. The van der Waals surface area contributed by atoms with Crippen LogP contribution in [-0.2, 0) is 10.9 Å². The van der Waals surface area contributed by atoms with E-state index in [1.54, 1.807) is 6.92 Å². The van der Waals surface area contributed by atoms with E-state index in [9.17, 15) is 18.0 Å². The number of hydrogen-bond acceptors (Lipinski definition) is 3. The average molecular weight is 366 g/mol. The Morgan fingerprint density at radius 2 is 1.77 bits per heavy atom. The van der Waals surface area contributed by atoms with Crippen molar-refractivity contribution >= 4 is 5.97 Å². The first-order valence-electron chi connectivity index (χ1n) is 8.67. The fourth-order valence-corrected chi connectivity index (χ4v) is 3.60. The molecule has 0 saturated heterocycles. The van der Waals surface area contributed by atoms with E-state index in [0.717, 1.165) is 37.8 Å². The zero-order chi connectivity index (χ0) is 18.9. The number of benzene rings is 1. The maximum Gasteiger partial charge on any atom is 0.416 e. The topological polar surface area (TPSA) is 44.1 Å². The van der Waals surface area contributed by atoms with Crippen molar-refractivity contribution in [2.24, 2.45) is 0 Å². The fraction of sp³-hybridized carbons (Fsp3) is 0.474. The Morgan fingerprint density at radius 1 is 1.15 bits per heavy atom. The molecule has 1 aliphatic rings. The van der Waals surface area contributed by atoms with Gasteiger partial charge in [0.05, 0.1) is 12.7 Å². The Bertz CT molecular complexity index is 788. The van der Waals surface area contributed by atoms with Gasteiger partial charge in [-0.2, -0.15) is 13.2 Å². The number of rotatable bonds is 3. The highest BCUT2D eigenvalue weighted by atomic mass is 19.4. The summed E-state index contributed by atoms with van der Waals surface area (Å²) in [5.41, 5.74) is 0.760. The zero-order valence-electron chi connectivity index (χ0n) is 14.8. The number of nitrogens with zero attached hydrogens (tertiary/aromatic N) is 2. The zero-order valence-corrected chi connectivity index (χ0v) is 14.8. The maximum atomic E-state index is 12.8. The van der Waals surface area contributed by atoms with E-state index in [2.05, 4.69) is 4.98 Å². The van der Waals surface area contributed by atoms with E-state index >= 15 is 0 Å². The van der Waals surface area contributed by atoms with Crippen LogP contribution in [0.15, 0.2) is 24.3 Å². The number of esters is 1. The first-order valence-corrected chi connectivity index (χ1v) is 8.67. The molecule has 2 aromatic rings. The summed E-state index contributed by atoms with van der Waals surface area (Å²) in [7, 11) is 1.29. The van der Waals surface area contributed by atoms with Crippen LogP contribution in [0.25, 0.3) is 11.4 Å². The van der Waals surface area contributed by atoms with Gasteiger partial charge in [-0.3, -0.25) is 0 Å². The molecule has 0 N–H and O–H groups in total. The normalized spacial score (nSPS) is 15.9. The molecule has 1 heterocycles. The molecule has 4 nitrogen and oxygen atoms in total. The molecular formula is C19H21F3N2O2. The van der Waals surface area contributed by atoms with Crippen molar-refractivity contribution in [3.63, 3.8) is 0 Å². The first kappa shape index (κ1) is 18.5. The average Bonchev–Trinajstić information content (AvgIpc) is 2.98. The van der Waals surface area contributed by atoms with Crippen LogP contribution in [0.5, 0.6) is 0 Å². The number of aromatic nitrogens is 2. The molecule has 0 radical (unpaired) electrons. The lowest BCUT2D eigenvalue weighted by molar-refractivity contribution is -0.137. The van der Waals surface area contributed by atoms with Crippen molar-refractivity contribution in [2.75, 3.05) is 7.11 Å². The van der Waals surface area contributed by atoms with Gasteiger partial charge in [-0.25, -0.2) is 9.78 Å². The van der Waals surface area contributed by atoms with Gasteiger partial charge >= 0.3 is 12.1 Å². The van der Waals surface area contributed by atoms with Crippen molar-refractivity contribution in [2.45, 2.75) is 51.2 Å². The van der Waals surface area contributed by atoms with Gasteiger partial charge in [-0.15, -0.1) is 0 Å². The first-order chi connectivity index (χ1) is 12.3. The summed E-state index contributed by atoms with van der Waals surface area (Å²) in [6.07, 6.45) is 0.885. The van der Waals surface area contributed by atoms with Gasteiger partial charge in [0.15, 0.2) is 5.69 Å². The number of hydrogen-bond donors (Lipinski definition) is 0. The second kappa shape index (κ2) is 7.13. The van der Waals surface area contributed by atoms with Crippen molar-refractivity contribution in [1.82, 2.24) is 9.55 Å². The van der Waals surface area contributed by atoms with Crippen LogP contribution in [0.4, 0.5) is 13.2 Å². The predicted octanol–water partition coefficient (Wildman–Crippen LogP) is 5.17. The third-order valence-electron chi connectivity index (χ3n) is 4.94. The monoisotopic (exact) mass is 366 g/mol. The van der Waals surface area contributed by atoms with Crippen LogP contribution in [0.1, 0.15) is 59.9 Å². The van der Waals surface area contributed by atoms with Gasteiger partial charge in [-0.1, -0.05) is 31.4 Å². The number of carbonyl (C=O) groups excluding carboxylic acids is 1. The molecular weight excluding hydrogens is 345 g/mol. The van der Waals surface area contributed by atoms with Gasteiger partial charge in [0.2, 0.25) is 0 Å². The Morgan fingerprint density at radius 3 is 2.31 bits per heavy atom. The molecule has 0 aliphatic heterocycles. The number of halogens is 3. The van der Waals surface area contributed by atoms with Crippen LogP contribution in [0.3, 0.4) is 0 Å².